The number of aliphatic hydroxyl groups is 1. The first-order valence-electron chi connectivity index (χ1n) is 7.92. The molecule has 3 heterocycles. The Hall–Kier alpha value is -1.87. The molecule has 0 spiro atoms. The van der Waals surface area contributed by atoms with E-state index < -0.39 is 18.0 Å². The van der Waals surface area contributed by atoms with Gasteiger partial charge in [-0.2, -0.15) is 18.3 Å². The second kappa shape index (κ2) is 6.94. The third kappa shape index (κ3) is 4.15. The van der Waals surface area contributed by atoms with Crippen LogP contribution in [0.3, 0.4) is 0 Å². The van der Waals surface area contributed by atoms with E-state index in [1.54, 1.807) is 23.1 Å². The first-order valence-corrected chi connectivity index (χ1v) is 7.92. The summed E-state index contributed by atoms with van der Waals surface area (Å²) in [5.41, 5.74) is -0.812. The van der Waals surface area contributed by atoms with E-state index in [2.05, 4.69) is 20.0 Å². The van der Waals surface area contributed by atoms with Gasteiger partial charge in [0.1, 0.15) is 11.5 Å². The van der Waals surface area contributed by atoms with Crippen molar-refractivity contribution in [2.45, 2.75) is 37.6 Å². The molecule has 1 aliphatic rings. The molecule has 1 aliphatic heterocycles. The van der Waals surface area contributed by atoms with Crippen LogP contribution >= 0.6 is 0 Å². The third-order valence-corrected chi connectivity index (χ3v) is 4.22. The van der Waals surface area contributed by atoms with Crippen LogP contribution in [0.15, 0.2) is 24.7 Å². The number of imidazole rings is 1. The number of likely N-dealkylation sites (tertiary alicyclic amines) is 1. The predicted octanol–water partition coefficient (Wildman–Crippen LogP) is 1.87. The number of aromatic nitrogens is 4. The number of aromatic amines is 1. The SMILES string of the molecule is O[C@H](CN1CCC[C@H](c2ncc(C(F)(F)F)[nH]2)C1)Cn1cccn1. The van der Waals surface area contributed by atoms with Crippen LogP contribution < -0.4 is 0 Å². The molecule has 24 heavy (non-hydrogen) atoms. The maximum atomic E-state index is 12.7. The lowest BCUT2D eigenvalue weighted by Gasteiger charge is -2.33. The van der Waals surface area contributed by atoms with Crippen LogP contribution in [0.25, 0.3) is 0 Å². The summed E-state index contributed by atoms with van der Waals surface area (Å²) in [6, 6.07) is 1.79. The van der Waals surface area contributed by atoms with Crippen molar-refractivity contribution in [1.82, 2.24) is 24.6 Å². The van der Waals surface area contributed by atoms with E-state index >= 15 is 0 Å². The second-order valence-corrected chi connectivity index (χ2v) is 6.16. The van der Waals surface area contributed by atoms with Crippen LogP contribution in [-0.2, 0) is 12.7 Å². The highest BCUT2D eigenvalue weighted by molar-refractivity contribution is 5.09. The summed E-state index contributed by atoms with van der Waals surface area (Å²) in [6.07, 6.45) is 0.951. The number of hydrogen-bond donors (Lipinski definition) is 2. The molecule has 132 valence electrons. The molecular formula is C15H20F3N5O. The summed E-state index contributed by atoms with van der Waals surface area (Å²) in [6.45, 7) is 2.26. The summed E-state index contributed by atoms with van der Waals surface area (Å²) in [5.74, 6) is 0.292. The van der Waals surface area contributed by atoms with Gasteiger partial charge in [0, 0.05) is 31.4 Å². The summed E-state index contributed by atoms with van der Waals surface area (Å²) in [7, 11) is 0. The number of alkyl halides is 3. The van der Waals surface area contributed by atoms with E-state index in [-0.39, 0.29) is 5.92 Å². The van der Waals surface area contributed by atoms with Gasteiger partial charge < -0.3 is 10.1 Å². The normalized spacial score (nSPS) is 21.1. The molecule has 3 rings (SSSR count). The number of halogens is 3. The number of H-pyrrole nitrogens is 1. The van der Waals surface area contributed by atoms with Gasteiger partial charge >= 0.3 is 6.18 Å². The van der Waals surface area contributed by atoms with Gasteiger partial charge in [-0.3, -0.25) is 9.58 Å². The average Bonchev–Trinajstić information content (AvgIpc) is 3.17. The topological polar surface area (TPSA) is 70.0 Å². The van der Waals surface area contributed by atoms with Crippen LogP contribution in [0.2, 0.25) is 0 Å². The fraction of sp³-hybridized carbons (Fsp3) is 0.600. The number of nitrogens with zero attached hydrogens (tertiary/aromatic N) is 4. The number of nitrogens with one attached hydrogen (secondary N) is 1. The molecule has 0 saturated carbocycles. The smallest absolute Gasteiger partial charge is 0.390 e. The molecule has 0 aromatic carbocycles. The molecule has 0 bridgehead atoms. The lowest BCUT2D eigenvalue weighted by molar-refractivity contribution is -0.141. The number of rotatable bonds is 5. The quantitative estimate of drug-likeness (QED) is 0.870. The predicted molar refractivity (Wildman–Crippen MR) is 80.2 cm³/mol. The molecule has 0 aliphatic carbocycles. The van der Waals surface area contributed by atoms with Gasteiger partial charge in [-0.25, -0.2) is 4.98 Å². The van der Waals surface area contributed by atoms with Gasteiger partial charge in [-0.15, -0.1) is 0 Å². The summed E-state index contributed by atoms with van der Waals surface area (Å²) in [5, 5.41) is 14.2. The zero-order valence-corrected chi connectivity index (χ0v) is 13.1. The van der Waals surface area contributed by atoms with Gasteiger partial charge in [0.15, 0.2) is 0 Å². The summed E-state index contributed by atoms with van der Waals surface area (Å²) in [4.78, 5) is 8.36. The lowest BCUT2D eigenvalue weighted by atomic mass is 9.97. The second-order valence-electron chi connectivity index (χ2n) is 6.16. The van der Waals surface area contributed by atoms with E-state index in [0.717, 1.165) is 25.6 Å². The molecule has 1 fully saturated rings. The van der Waals surface area contributed by atoms with Crippen LogP contribution in [0.4, 0.5) is 13.2 Å². The van der Waals surface area contributed by atoms with Gasteiger partial charge in [0.2, 0.25) is 0 Å². The highest BCUT2D eigenvalue weighted by atomic mass is 19.4. The Morgan fingerprint density at radius 2 is 2.21 bits per heavy atom. The van der Waals surface area contributed by atoms with Crippen molar-refractivity contribution in [3.8, 4) is 0 Å². The third-order valence-electron chi connectivity index (χ3n) is 4.22. The summed E-state index contributed by atoms with van der Waals surface area (Å²) >= 11 is 0. The molecule has 2 aromatic rings. The first kappa shape index (κ1) is 17.0. The van der Waals surface area contributed by atoms with Gasteiger partial charge in [0.05, 0.1) is 18.8 Å². The number of hydrogen-bond acceptors (Lipinski definition) is 4. The van der Waals surface area contributed by atoms with Crippen molar-refractivity contribution in [3.05, 3.63) is 36.2 Å². The van der Waals surface area contributed by atoms with Crippen molar-refractivity contribution in [3.63, 3.8) is 0 Å². The number of aliphatic hydroxyl groups excluding tert-OH is 1. The van der Waals surface area contributed by atoms with Crippen molar-refractivity contribution < 1.29 is 18.3 Å². The van der Waals surface area contributed by atoms with Crippen LogP contribution in [0.1, 0.15) is 30.3 Å². The number of β-amino-alcohol motifs (C(OH)–C–C–N with tert-alkyl or cyclic N) is 1. The van der Waals surface area contributed by atoms with Crippen molar-refractivity contribution in [2.24, 2.45) is 0 Å². The van der Waals surface area contributed by atoms with Crippen molar-refractivity contribution in [1.29, 1.82) is 0 Å². The Bertz CT molecular complexity index is 640. The Kier molecular flexibility index (Phi) is 4.91. The molecule has 1 saturated heterocycles. The maximum absolute atomic E-state index is 12.7. The molecule has 0 unspecified atom stereocenters. The molecule has 0 amide bonds. The Labute approximate surface area is 137 Å². The van der Waals surface area contributed by atoms with Gasteiger partial charge in [-0.05, 0) is 25.5 Å². The fourth-order valence-electron chi connectivity index (χ4n) is 3.11. The van der Waals surface area contributed by atoms with E-state index in [0.29, 0.717) is 25.5 Å². The van der Waals surface area contributed by atoms with E-state index in [1.807, 2.05) is 0 Å². The number of piperidine rings is 1. The highest BCUT2D eigenvalue weighted by Crippen LogP contribution is 2.31. The minimum atomic E-state index is -4.40. The monoisotopic (exact) mass is 343 g/mol. The maximum Gasteiger partial charge on any atom is 0.432 e. The summed E-state index contributed by atoms with van der Waals surface area (Å²) < 4.78 is 39.7. The van der Waals surface area contributed by atoms with Gasteiger partial charge in [-0.1, -0.05) is 0 Å². The fourth-order valence-corrected chi connectivity index (χ4v) is 3.11. The molecule has 2 atom stereocenters. The Morgan fingerprint density at radius 1 is 1.38 bits per heavy atom. The van der Waals surface area contributed by atoms with Crippen molar-refractivity contribution in [2.75, 3.05) is 19.6 Å². The molecule has 9 heteroatoms. The molecule has 0 radical (unpaired) electrons. The highest BCUT2D eigenvalue weighted by Gasteiger charge is 2.34. The van der Waals surface area contributed by atoms with Crippen LogP contribution in [0, 0.1) is 0 Å². The van der Waals surface area contributed by atoms with E-state index in [9.17, 15) is 18.3 Å². The zero-order valence-electron chi connectivity index (χ0n) is 13.1. The van der Waals surface area contributed by atoms with Crippen LogP contribution in [0.5, 0.6) is 0 Å². The Morgan fingerprint density at radius 3 is 2.88 bits per heavy atom. The van der Waals surface area contributed by atoms with Crippen LogP contribution in [-0.4, -0.2) is 55.5 Å². The average molecular weight is 343 g/mol. The van der Waals surface area contributed by atoms with E-state index in [1.165, 1.54) is 0 Å². The standard InChI is InChI=1S/C15H20F3N5O/c16-15(17,18)13-7-19-14(21-13)11-3-1-5-22(8-11)9-12(24)10-23-6-2-4-20-23/h2,4,6-7,11-12,24H,1,3,5,8-10H2,(H,19,21)/t11-,12+/m0/s1. The molecular weight excluding hydrogens is 323 g/mol. The molecule has 6 nitrogen and oxygen atoms in total. The van der Waals surface area contributed by atoms with Gasteiger partial charge in [0.25, 0.3) is 0 Å². The Balaban J connectivity index is 1.57. The minimum Gasteiger partial charge on any atom is -0.390 e. The minimum absolute atomic E-state index is 0.0771. The molecule has 2 N–H and O–H groups in total. The first-order chi connectivity index (χ1) is 11.4. The van der Waals surface area contributed by atoms with E-state index in [4.69, 9.17) is 0 Å². The zero-order chi connectivity index (χ0) is 17.2. The molecule has 2 aromatic heterocycles. The lowest BCUT2D eigenvalue weighted by Crippen LogP contribution is -2.41. The van der Waals surface area contributed by atoms with Crippen molar-refractivity contribution >= 4 is 0 Å². The largest absolute Gasteiger partial charge is 0.432 e.